The first-order valence-electron chi connectivity index (χ1n) is 4.73. The monoisotopic (exact) mass is 270 g/mol. The van der Waals surface area contributed by atoms with Gasteiger partial charge in [-0.05, 0) is 24.5 Å². The summed E-state index contributed by atoms with van der Waals surface area (Å²) in [7, 11) is 0. The highest BCUT2D eigenvalue weighted by molar-refractivity contribution is 7.98. The Balaban J connectivity index is 2.49. The quantitative estimate of drug-likeness (QED) is 0.866. The zero-order chi connectivity index (χ0) is 11.5. The van der Waals surface area contributed by atoms with Gasteiger partial charge in [-0.15, -0.1) is 23.1 Å². The van der Waals surface area contributed by atoms with Gasteiger partial charge >= 0.3 is 0 Å². The van der Waals surface area contributed by atoms with Crippen LogP contribution in [0.4, 0.5) is 0 Å². The van der Waals surface area contributed by atoms with E-state index in [1.165, 1.54) is 4.90 Å². The maximum atomic E-state index is 6.01. The van der Waals surface area contributed by atoms with Crippen molar-refractivity contribution in [3.8, 4) is 11.3 Å². The zero-order valence-corrected chi connectivity index (χ0v) is 11.1. The van der Waals surface area contributed by atoms with E-state index in [0.29, 0.717) is 6.54 Å². The smallest absolute Gasteiger partial charge is 0.107 e. The molecule has 1 aromatic heterocycles. The summed E-state index contributed by atoms with van der Waals surface area (Å²) in [6.07, 6.45) is 2.04. The van der Waals surface area contributed by atoms with Gasteiger partial charge in [0.1, 0.15) is 5.01 Å². The largest absolute Gasteiger partial charge is 0.325 e. The fourth-order valence-electron chi connectivity index (χ4n) is 1.41. The number of halogens is 1. The summed E-state index contributed by atoms with van der Waals surface area (Å²) in [6.45, 7) is 0.486. The molecular formula is C11H11ClN2S2. The number of rotatable bonds is 3. The van der Waals surface area contributed by atoms with Gasteiger partial charge in [0.25, 0.3) is 0 Å². The Morgan fingerprint density at radius 2 is 2.31 bits per heavy atom. The Bertz CT molecular complexity index is 496. The van der Waals surface area contributed by atoms with Gasteiger partial charge in [-0.25, -0.2) is 4.98 Å². The second kappa shape index (κ2) is 5.19. The Kier molecular flexibility index (Phi) is 3.86. The predicted molar refractivity (Wildman–Crippen MR) is 72.2 cm³/mol. The standard InChI is InChI=1S/C11H11ClN2S2/c1-15-10-3-2-7(12)4-8(10)9-6-16-11(5-13)14-9/h2-4,6H,5,13H2,1H3. The first-order chi connectivity index (χ1) is 7.74. The van der Waals surface area contributed by atoms with Gasteiger partial charge in [0.2, 0.25) is 0 Å². The van der Waals surface area contributed by atoms with Crippen LogP contribution in [0, 0.1) is 0 Å². The van der Waals surface area contributed by atoms with Crippen molar-refractivity contribution in [3.05, 3.63) is 33.6 Å². The minimum Gasteiger partial charge on any atom is -0.325 e. The highest BCUT2D eigenvalue weighted by atomic mass is 35.5. The Labute approximate surface area is 108 Å². The van der Waals surface area contributed by atoms with Crippen LogP contribution in [0.25, 0.3) is 11.3 Å². The minimum absolute atomic E-state index is 0.486. The average molecular weight is 271 g/mol. The third-order valence-electron chi connectivity index (χ3n) is 2.16. The van der Waals surface area contributed by atoms with Crippen molar-refractivity contribution in [1.82, 2.24) is 4.98 Å². The fourth-order valence-corrected chi connectivity index (χ4v) is 2.84. The number of thioether (sulfide) groups is 1. The highest BCUT2D eigenvalue weighted by Gasteiger charge is 2.09. The van der Waals surface area contributed by atoms with Gasteiger partial charge in [-0.2, -0.15) is 0 Å². The Morgan fingerprint density at radius 3 is 2.94 bits per heavy atom. The number of nitrogens with two attached hydrogens (primary N) is 1. The molecule has 0 saturated carbocycles. The summed E-state index contributed by atoms with van der Waals surface area (Å²) < 4.78 is 0. The SMILES string of the molecule is CSc1ccc(Cl)cc1-c1csc(CN)n1. The highest BCUT2D eigenvalue weighted by Crippen LogP contribution is 2.33. The zero-order valence-electron chi connectivity index (χ0n) is 8.74. The van der Waals surface area contributed by atoms with Crippen LogP contribution >= 0.6 is 34.7 Å². The lowest BCUT2D eigenvalue weighted by Gasteiger charge is -2.04. The van der Waals surface area contributed by atoms with E-state index in [2.05, 4.69) is 4.98 Å². The molecule has 0 aliphatic rings. The molecular weight excluding hydrogens is 260 g/mol. The summed E-state index contributed by atoms with van der Waals surface area (Å²) in [6, 6.07) is 5.86. The van der Waals surface area contributed by atoms with Gasteiger partial charge in [0, 0.05) is 27.4 Å². The number of nitrogens with zero attached hydrogens (tertiary/aromatic N) is 1. The molecule has 84 valence electrons. The van der Waals surface area contributed by atoms with Crippen molar-refractivity contribution < 1.29 is 0 Å². The first kappa shape index (κ1) is 11.9. The second-order valence-electron chi connectivity index (χ2n) is 3.18. The van der Waals surface area contributed by atoms with Crippen molar-refractivity contribution in [3.63, 3.8) is 0 Å². The summed E-state index contributed by atoms with van der Waals surface area (Å²) in [5.74, 6) is 0. The van der Waals surface area contributed by atoms with Crippen LogP contribution < -0.4 is 5.73 Å². The number of benzene rings is 1. The first-order valence-corrected chi connectivity index (χ1v) is 7.21. The average Bonchev–Trinajstić information content (AvgIpc) is 2.77. The van der Waals surface area contributed by atoms with Crippen LogP contribution in [-0.2, 0) is 6.54 Å². The van der Waals surface area contributed by atoms with Crippen molar-refractivity contribution in [2.45, 2.75) is 11.4 Å². The normalized spacial score (nSPS) is 10.7. The molecule has 2 nitrogen and oxygen atoms in total. The molecule has 1 heterocycles. The Morgan fingerprint density at radius 1 is 1.50 bits per heavy atom. The summed E-state index contributed by atoms with van der Waals surface area (Å²) >= 11 is 9.28. The molecule has 0 saturated heterocycles. The molecule has 0 radical (unpaired) electrons. The second-order valence-corrected chi connectivity index (χ2v) is 5.40. The minimum atomic E-state index is 0.486. The predicted octanol–water partition coefficient (Wildman–Crippen LogP) is 3.64. The van der Waals surface area contributed by atoms with E-state index >= 15 is 0 Å². The van der Waals surface area contributed by atoms with Crippen molar-refractivity contribution >= 4 is 34.7 Å². The van der Waals surface area contributed by atoms with E-state index in [-0.39, 0.29) is 0 Å². The summed E-state index contributed by atoms with van der Waals surface area (Å²) in [5.41, 5.74) is 7.59. The molecule has 2 N–H and O–H groups in total. The van der Waals surface area contributed by atoms with E-state index in [1.807, 2.05) is 29.8 Å². The third kappa shape index (κ3) is 2.40. The van der Waals surface area contributed by atoms with Crippen molar-refractivity contribution in [2.75, 3.05) is 6.26 Å². The third-order valence-corrected chi connectivity index (χ3v) is 4.07. The molecule has 0 aliphatic carbocycles. The molecule has 2 aromatic rings. The number of hydrogen-bond donors (Lipinski definition) is 1. The molecule has 0 amide bonds. The van der Waals surface area contributed by atoms with Crippen LogP contribution in [0.15, 0.2) is 28.5 Å². The van der Waals surface area contributed by atoms with Gasteiger partial charge in [-0.3, -0.25) is 0 Å². The lowest BCUT2D eigenvalue weighted by Crippen LogP contribution is -1.94. The topological polar surface area (TPSA) is 38.9 Å². The van der Waals surface area contributed by atoms with Crippen LogP contribution in [0.3, 0.4) is 0 Å². The van der Waals surface area contributed by atoms with Crippen LogP contribution in [0.5, 0.6) is 0 Å². The molecule has 5 heteroatoms. The Hall–Kier alpha value is -0.550. The maximum absolute atomic E-state index is 6.01. The molecule has 0 unspecified atom stereocenters. The molecule has 2 rings (SSSR count). The summed E-state index contributed by atoms with van der Waals surface area (Å²) in [4.78, 5) is 5.65. The van der Waals surface area contributed by atoms with Gasteiger partial charge < -0.3 is 5.73 Å². The summed E-state index contributed by atoms with van der Waals surface area (Å²) in [5, 5.41) is 3.70. The lowest BCUT2D eigenvalue weighted by atomic mass is 10.2. The van der Waals surface area contributed by atoms with Crippen LogP contribution in [0.2, 0.25) is 5.02 Å². The lowest BCUT2D eigenvalue weighted by molar-refractivity contribution is 1.04. The molecule has 0 bridgehead atoms. The van der Waals surface area contributed by atoms with Crippen molar-refractivity contribution in [1.29, 1.82) is 0 Å². The van der Waals surface area contributed by atoms with Gasteiger partial charge in [0.05, 0.1) is 5.69 Å². The molecule has 0 spiro atoms. The molecule has 0 fully saturated rings. The van der Waals surface area contributed by atoms with Crippen LogP contribution in [0.1, 0.15) is 5.01 Å². The van der Waals surface area contributed by atoms with E-state index in [1.54, 1.807) is 23.1 Å². The van der Waals surface area contributed by atoms with E-state index < -0.39 is 0 Å². The maximum Gasteiger partial charge on any atom is 0.107 e. The van der Waals surface area contributed by atoms with E-state index in [0.717, 1.165) is 21.3 Å². The van der Waals surface area contributed by atoms with Crippen LogP contribution in [-0.4, -0.2) is 11.2 Å². The van der Waals surface area contributed by atoms with Gasteiger partial charge in [0.15, 0.2) is 0 Å². The van der Waals surface area contributed by atoms with E-state index in [9.17, 15) is 0 Å². The number of aromatic nitrogens is 1. The molecule has 0 atom stereocenters. The number of thiazole rings is 1. The molecule has 16 heavy (non-hydrogen) atoms. The van der Waals surface area contributed by atoms with E-state index in [4.69, 9.17) is 17.3 Å². The fraction of sp³-hybridized carbons (Fsp3) is 0.182. The number of hydrogen-bond acceptors (Lipinski definition) is 4. The molecule has 0 aliphatic heterocycles. The molecule has 1 aromatic carbocycles. The van der Waals surface area contributed by atoms with Gasteiger partial charge in [-0.1, -0.05) is 11.6 Å². The van der Waals surface area contributed by atoms with Crippen molar-refractivity contribution in [2.24, 2.45) is 5.73 Å².